The lowest BCUT2D eigenvalue weighted by Gasteiger charge is -2.06. The predicted octanol–water partition coefficient (Wildman–Crippen LogP) is 3.57. The molecule has 0 radical (unpaired) electrons. The molecule has 0 saturated heterocycles. The maximum absolute atomic E-state index is 12.6. The molecule has 4 heteroatoms. The molecule has 0 atom stereocenters. The highest BCUT2D eigenvalue weighted by atomic mass is 35.5. The van der Waals surface area contributed by atoms with E-state index in [-0.39, 0.29) is 5.82 Å². The van der Waals surface area contributed by atoms with E-state index in [1.165, 1.54) is 12.3 Å². The van der Waals surface area contributed by atoms with E-state index < -0.39 is 0 Å². The van der Waals surface area contributed by atoms with E-state index in [1.807, 2.05) is 24.3 Å². The average molecular weight is 251 g/mol. The van der Waals surface area contributed by atoms with Crippen LogP contribution in [0.4, 0.5) is 10.2 Å². The molecule has 17 heavy (non-hydrogen) atoms. The van der Waals surface area contributed by atoms with Gasteiger partial charge in [-0.2, -0.15) is 0 Å². The molecule has 0 aliphatic rings. The minimum atomic E-state index is -0.334. The predicted molar refractivity (Wildman–Crippen MR) is 67.5 cm³/mol. The van der Waals surface area contributed by atoms with Crippen molar-refractivity contribution in [1.29, 1.82) is 0 Å². The number of alkyl halides is 1. The quantitative estimate of drug-likeness (QED) is 0.839. The van der Waals surface area contributed by atoms with Gasteiger partial charge < -0.3 is 5.32 Å². The molecule has 0 spiro atoms. The lowest BCUT2D eigenvalue weighted by Crippen LogP contribution is -2.01. The lowest BCUT2D eigenvalue weighted by molar-refractivity contribution is 0.621. The summed E-state index contributed by atoms with van der Waals surface area (Å²) in [6.45, 7) is 0.642. The summed E-state index contributed by atoms with van der Waals surface area (Å²) in [5.74, 6) is 0.824. The van der Waals surface area contributed by atoms with Crippen LogP contribution in [0, 0.1) is 5.82 Å². The van der Waals surface area contributed by atoms with Crippen molar-refractivity contribution in [2.24, 2.45) is 0 Å². The number of hydrogen-bond donors (Lipinski definition) is 1. The van der Waals surface area contributed by atoms with Crippen LogP contribution in [0.1, 0.15) is 11.1 Å². The molecule has 0 saturated carbocycles. The number of nitrogens with one attached hydrogen (secondary N) is 1. The maximum Gasteiger partial charge on any atom is 0.141 e. The van der Waals surface area contributed by atoms with E-state index in [2.05, 4.69) is 10.3 Å². The third kappa shape index (κ3) is 3.43. The normalized spacial score (nSPS) is 10.2. The minimum Gasteiger partial charge on any atom is -0.366 e. The number of aromatic nitrogens is 1. The highest BCUT2D eigenvalue weighted by molar-refractivity contribution is 6.17. The standard InChI is InChI=1S/C13H12ClFN2/c14-7-10-2-1-3-11(6-10)8-16-13-5-4-12(15)9-17-13/h1-6,9H,7-8H2,(H,16,17). The lowest BCUT2D eigenvalue weighted by atomic mass is 10.1. The van der Waals surface area contributed by atoms with Crippen molar-refractivity contribution < 1.29 is 4.39 Å². The van der Waals surface area contributed by atoms with Gasteiger partial charge in [-0.05, 0) is 23.3 Å². The Labute approximate surface area is 104 Å². The summed E-state index contributed by atoms with van der Waals surface area (Å²) < 4.78 is 12.6. The van der Waals surface area contributed by atoms with Crippen LogP contribution in [0.3, 0.4) is 0 Å². The van der Waals surface area contributed by atoms with E-state index in [1.54, 1.807) is 6.07 Å². The molecule has 1 aromatic heterocycles. The summed E-state index contributed by atoms with van der Waals surface area (Å²) in [6, 6.07) is 11.0. The molecule has 1 aromatic carbocycles. The Morgan fingerprint density at radius 3 is 2.71 bits per heavy atom. The monoisotopic (exact) mass is 250 g/mol. The van der Waals surface area contributed by atoms with Crippen molar-refractivity contribution in [3.05, 3.63) is 59.5 Å². The topological polar surface area (TPSA) is 24.9 Å². The Morgan fingerprint density at radius 1 is 1.18 bits per heavy atom. The summed E-state index contributed by atoms with van der Waals surface area (Å²) in [6.07, 6.45) is 1.19. The summed E-state index contributed by atoms with van der Waals surface area (Å²) in [5.41, 5.74) is 2.20. The average Bonchev–Trinajstić information content (AvgIpc) is 2.38. The number of hydrogen-bond acceptors (Lipinski definition) is 2. The molecule has 0 amide bonds. The molecule has 88 valence electrons. The molecule has 1 heterocycles. The molecule has 2 rings (SSSR count). The van der Waals surface area contributed by atoms with Crippen molar-refractivity contribution in [3.8, 4) is 0 Å². The first kappa shape index (κ1) is 11.9. The number of rotatable bonds is 4. The van der Waals surface area contributed by atoms with Crippen LogP contribution in [0.15, 0.2) is 42.6 Å². The first-order chi connectivity index (χ1) is 8.28. The Hall–Kier alpha value is -1.61. The molecular weight excluding hydrogens is 239 g/mol. The van der Waals surface area contributed by atoms with Gasteiger partial charge in [0.05, 0.1) is 6.20 Å². The largest absolute Gasteiger partial charge is 0.366 e. The summed E-state index contributed by atoms with van der Waals surface area (Å²) in [7, 11) is 0. The van der Waals surface area contributed by atoms with Gasteiger partial charge in [-0.3, -0.25) is 0 Å². The molecule has 0 aliphatic carbocycles. The van der Waals surface area contributed by atoms with Gasteiger partial charge in [0.2, 0.25) is 0 Å². The molecule has 2 nitrogen and oxygen atoms in total. The smallest absolute Gasteiger partial charge is 0.141 e. The van der Waals surface area contributed by atoms with Crippen molar-refractivity contribution in [3.63, 3.8) is 0 Å². The van der Waals surface area contributed by atoms with Crippen LogP contribution in [-0.4, -0.2) is 4.98 Å². The molecule has 1 N–H and O–H groups in total. The molecule has 0 bridgehead atoms. The van der Waals surface area contributed by atoms with Crippen LogP contribution in [-0.2, 0) is 12.4 Å². The summed E-state index contributed by atoms with van der Waals surface area (Å²) in [4.78, 5) is 3.92. The second-order valence-corrected chi connectivity index (χ2v) is 3.94. The SMILES string of the molecule is Fc1ccc(NCc2cccc(CCl)c2)nc1. The highest BCUT2D eigenvalue weighted by Gasteiger charge is 1.97. The minimum absolute atomic E-state index is 0.334. The fourth-order valence-electron chi connectivity index (χ4n) is 1.50. The van der Waals surface area contributed by atoms with Crippen LogP contribution in [0.5, 0.6) is 0 Å². The maximum atomic E-state index is 12.6. The molecule has 0 unspecified atom stereocenters. The van der Waals surface area contributed by atoms with E-state index >= 15 is 0 Å². The highest BCUT2D eigenvalue weighted by Crippen LogP contribution is 2.10. The van der Waals surface area contributed by atoms with Gasteiger partial charge >= 0.3 is 0 Å². The van der Waals surface area contributed by atoms with Gasteiger partial charge in [-0.15, -0.1) is 11.6 Å². The van der Waals surface area contributed by atoms with Gasteiger partial charge in [0.25, 0.3) is 0 Å². The van der Waals surface area contributed by atoms with E-state index in [0.29, 0.717) is 18.2 Å². The second kappa shape index (κ2) is 5.64. The van der Waals surface area contributed by atoms with Gasteiger partial charge in [0.15, 0.2) is 0 Å². The zero-order chi connectivity index (χ0) is 12.1. The van der Waals surface area contributed by atoms with Crippen molar-refractivity contribution in [2.45, 2.75) is 12.4 Å². The number of pyridine rings is 1. The Balaban J connectivity index is 1.99. The van der Waals surface area contributed by atoms with Crippen molar-refractivity contribution >= 4 is 17.4 Å². The Bertz CT molecular complexity index is 485. The zero-order valence-electron chi connectivity index (χ0n) is 9.16. The number of nitrogens with zero attached hydrogens (tertiary/aromatic N) is 1. The van der Waals surface area contributed by atoms with Crippen LogP contribution in [0.2, 0.25) is 0 Å². The zero-order valence-corrected chi connectivity index (χ0v) is 9.91. The number of halogens is 2. The molecule has 0 fully saturated rings. The van der Waals surface area contributed by atoms with E-state index in [0.717, 1.165) is 11.1 Å². The number of benzene rings is 1. The number of anilines is 1. The first-order valence-electron chi connectivity index (χ1n) is 5.27. The molecular formula is C13H12ClFN2. The van der Waals surface area contributed by atoms with Crippen molar-refractivity contribution in [1.82, 2.24) is 4.98 Å². The van der Waals surface area contributed by atoms with Gasteiger partial charge in [-0.25, -0.2) is 9.37 Å². The summed E-state index contributed by atoms with van der Waals surface area (Å²) in [5, 5.41) is 3.12. The molecule has 0 aliphatic heterocycles. The molecule has 2 aromatic rings. The second-order valence-electron chi connectivity index (χ2n) is 3.67. The Morgan fingerprint density at radius 2 is 2.00 bits per heavy atom. The van der Waals surface area contributed by atoms with E-state index in [9.17, 15) is 4.39 Å². The van der Waals surface area contributed by atoms with Crippen LogP contribution in [0.25, 0.3) is 0 Å². The first-order valence-corrected chi connectivity index (χ1v) is 5.80. The van der Waals surface area contributed by atoms with Gasteiger partial charge in [0.1, 0.15) is 11.6 Å². The Kier molecular flexibility index (Phi) is 3.94. The van der Waals surface area contributed by atoms with E-state index in [4.69, 9.17) is 11.6 Å². The van der Waals surface area contributed by atoms with Gasteiger partial charge in [0, 0.05) is 12.4 Å². The fourth-order valence-corrected chi connectivity index (χ4v) is 1.66. The third-order valence-electron chi connectivity index (χ3n) is 2.35. The van der Waals surface area contributed by atoms with Crippen LogP contribution >= 0.6 is 11.6 Å². The van der Waals surface area contributed by atoms with Gasteiger partial charge in [-0.1, -0.05) is 24.3 Å². The van der Waals surface area contributed by atoms with Crippen molar-refractivity contribution in [2.75, 3.05) is 5.32 Å². The van der Waals surface area contributed by atoms with Crippen LogP contribution < -0.4 is 5.32 Å². The third-order valence-corrected chi connectivity index (χ3v) is 2.66. The fraction of sp³-hybridized carbons (Fsp3) is 0.154. The summed E-state index contributed by atoms with van der Waals surface area (Å²) >= 11 is 5.76.